The molecule has 0 heterocycles. The van der Waals surface area contributed by atoms with Gasteiger partial charge in [-0.25, -0.2) is 9.59 Å². The summed E-state index contributed by atoms with van der Waals surface area (Å²) < 4.78 is 0. The highest BCUT2D eigenvalue weighted by Crippen LogP contribution is 2.13. The summed E-state index contributed by atoms with van der Waals surface area (Å²) in [7, 11) is 0. The predicted molar refractivity (Wildman–Crippen MR) is 70.4 cm³/mol. The van der Waals surface area contributed by atoms with E-state index in [2.05, 4.69) is 11.9 Å². The van der Waals surface area contributed by atoms with Crippen molar-refractivity contribution in [1.82, 2.24) is 10.2 Å². The summed E-state index contributed by atoms with van der Waals surface area (Å²) in [5.74, 6) is -2.10. The van der Waals surface area contributed by atoms with E-state index in [-0.39, 0.29) is 6.54 Å². The lowest BCUT2D eigenvalue weighted by molar-refractivity contribution is -0.141. The summed E-state index contributed by atoms with van der Waals surface area (Å²) in [6.07, 6.45) is 1.09. The van der Waals surface area contributed by atoms with E-state index in [1.54, 1.807) is 20.8 Å². The highest BCUT2D eigenvalue weighted by atomic mass is 16.4. The summed E-state index contributed by atoms with van der Waals surface area (Å²) in [4.78, 5) is 35.1. The molecule has 7 nitrogen and oxygen atoms in total. The first-order chi connectivity index (χ1) is 8.59. The molecule has 1 atom stereocenters. The van der Waals surface area contributed by atoms with Crippen molar-refractivity contribution < 1.29 is 19.5 Å². The van der Waals surface area contributed by atoms with Crippen LogP contribution in [-0.4, -0.2) is 46.0 Å². The molecule has 0 aromatic carbocycles. The van der Waals surface area contributed by atoms with Gasteiger partial charge in [-0.3, -0.25) is 4.79 Å². The van der Waals surface area contributed by atoms with Crippen molar-refractivity contribution in [2.24, 2.45) is 5.73 Å². The van der Waals surface area contributed by atoms with Crippen molar-refractivity contribution in [3.63, 3.8) is 0 Å². The molecule has 108 valence electrons. The number of hydrogen-bond donors (Lipinski definition) is 3. The van der Waals surface area contributed by atoms with Crippen LogP contribution in [0.4, 0.5) is 4.79 Å². The molecule has 4 N–H and O–H groups in total. The van der Waals surface area contributed by atoms with Crippen molar-refractivity contribution in [1.29, 1.82) is 0 Å². The Morgan fingerprint density at radius 2 is 1.95 bits per heavy atom. The molecule has 0 fully saturated rings. The number of aliphatic carboxylic acids is 1. The Bertz CT molecular complexity index is 374. The van der Waals surface area contributed by atoms with Gasteiger partial charge in [0.15, 0.2) is 0 Å². The van der Waals surface area contributed by atoms with Crippen LogP contribution in [0.5, 0.6) is 0 Å². The molecular weight excluding hydrogens is 250 g/mol. The lowest BCUT2D eigenvalue weighted by Gasteiger charge is -2.35. The zero-order valence-electron chi connectivity index (χ0n) is 11.5. The van der Waals surface area contributed by atoms with Gasteiger partial charge in [0.2, 0.25) is 5.91 Å². The van der Waals surface area contributed by atoms with E-state index in [0.717, 1.165) is 0 Å². The number of hydrogen-bond acceptors (Lipinski definition) is 3. The topological polar surface area (TPSA) is 113 Å². The summed E-state index contributed by atoms with van der Waals surface area (Å²) in [5, 5.41) is 11.2. The van der Waals surface area contributed by atoms with Crippen LogP contribution in [0.2, 0.25) is 0 Å². The SMILES string of the molecule is C=CCN(C(=O)N[C@H](CC(N)=O)C(=O)O)C(C)(C)C. The second kappa shape index (κ2) is 6.77. The Kier molecular flexibility index (Phi) is 6.04. The number of nitrogens with zero attached hydrogens (tertiary/aromatic N) is 1. The molecule has 7 heteroatoms. The monoisotopic (exact) mass is 271 g/mol. The van der Waals surface area contributed by atoms with Gasteiger partial charge in [0.25, 0.3) is 0 Å². The van der Waals surface area contributed by atoms with Crippen LogP contribution in [0, 0.1) is 0 Å². The number of carboxylic acids is 1. The molecule has 0 aromatic heterocycles. The van der Waals surface area contributed by atoms with E-state index in [9.17, 15) is 14.4 Å². The minimum absolute atomic E-state index is 0.262. The Morgan fingerprint density at radius 3 is 2.26 bits per heavy atom. The molecule has 0 aliphatic heterocycles. The average Bonchev–Trinajstić information content (AvgIpc) is 2.22. The van der Waals surface area contributed by atoms with Crippen LogP contribution in [0.3, 0.4) is 0 Å². The number of nitrogens with two attached hydrogens (primary N) is 1. The fourth-order valence-corrected chi connectivity index (χ4v) is 1.42. The van der Waals surface area contributed by atoms with Crippen LogP contribution in [0.1, 0.15) is 27.2 Å². The van der Waals surface area contributed by atoms with Crippen molar-refractivity contribution in [3.8, 4) is 0 Å². The van der Waals surface area contributed by atoms with Gasteiger partial charge in [-0.2, -0.15) is 0 Å². The van der Waals surface area contributed by atoms with Crippen molar-refractivity contribution >= 4 is 17.9 Å². The molecule has 19 heavy (non-hydrogen) atoms. The molecule has 0 saturated carbocycles. The molecule has 0 radical (unpaired) electrons. The fourth-order valence-electron chi connectivity index (χ4n) is 1.42. The zero-order chi connectivity index (χ0) is 15.2. The van der Waals surface area contributed by atoms with Crippen LogP contribution in [0.15, 0.2) is 12.7 Å². The first kappa shape index (κ1) is 16.9. The minimum Gasteiger partial charge on any atom is -0.480 e. The van der Waals surface area contributed by atoms with Crippen LogP contribution in [-0.2, 0) is 9.59 Å². The van der Waals surface area contributed by atoms with E-state index in [1.807, 2.05) is 0 Å². The third kappa shape index (κ3) is 5.89. The van der Waals surface area contributed by atoms with Gasteiger partial charge in [-0.15, -0.1) is 6.58 Å². The van der Waals surface area contributed by atoms with Gasteiger partial charge < -0.3 is 21.1 Å². The first-order valence-corrected chi connectivity index (χ1v) is 5.79. The normalized spacial score (nSPS) is 12.4. The third-order valence-corrected chi connectivity index (χ3v) is 2.37. The van der Waals surface area contributed by atoms with E-state index in [1.165, 1.54) is 11.0 Å². The van der Waals surface area contributed by atoms with Crippen LogP contribution < -0.4 is 11.1 Å². The Balaban J connectivity index is 4.90. The molecule has 0 aliphatic rings. The smallest absolute Gasteiger partial charge is 0.326 e. The summed E-state index contributed by atoms with van der Waals surface area (Å²) >= 11 is 0. The summed E-state index contributed by atoms with van der Waals surface area (Å²) in [6, 6.07) is -1.92. The largest absolute Gasteiger partial charge is 0.480 e. The Hall–Kier alpha value is -2.05. The number of nitrogens with one attached hydrogen (secondary N) is 1. The highest BCUT2D eigenvalue weighted by Gasteiger charge is 2.29. The number of amides is 3. The van der Waals surface area contributed by atoms with Gasteiger partial charge in [0, 0.05) is 12.1 Å². The van der Waals surface area contributed by atoms with Gasteiger partial charge in [0.1, 0.15) is 6.04 Å². The number of urea groups is 1. The average molecular weight is 271 g/mol. The summed E-state index contributed by atoms with van der Waals surface area (Å²) in [5.41, 5.74) is 4.44. The molecule has 0 saturated heterocycles. The zero-order valence-corrected chi connectivity index (χ0v) is 11.5. The third-order valence-electron chi connectivity index (χ3n) is 2.37. The minimum atomic E-state index is -1.33. The van der Waals surface area contributed by atoms with E-state index in [4.69, 9.17) is 10.8 Å². The van der Waals surface area contributed by atoms with E-state index >= 15 is 0 Å². The number of carboxylic acid groups (broad SMARTS) is 1. The molecule has 0 aromatic rings. The summed E-state index contributed by atoms with van der Waals surface area (Å²) in [6.45, 7) is 9.23. The first-order valence-electron chi connectivity index (χ1n) is 5.79. The fraction of sp³-hybridized carbons (Fsp3) is 0.583. The highest BCUT2D eigenvalue weighted by molar-refractivity contribution is 5.87. The van der Waals surface area contributed by atoms with E-state index < -0.39 is 35.9 Å². The Morgan fingerprint density at radius 1 is 1.42 bits per heavy atom. The lowest BCUT2D eigenvalue weighted by Crippen LogP contribution is -2.54. The molecule has 3 amide bonds. The van der Waals surface area contributed by atoms with Crippen LogP contribution in [0.25, 0.3) is 0 Å². The molecule has 0 aliphatic carbocycles. The quantitative estimate of drug-likeness (QED) is 0.603. The van der Waals surface area contributed by atoms with Gasteiger partial charge in [-0.1, -0.05) is 6.08 Å². The molecule has 0 unspecified atom stereocenters. The maximum atomic E-state index is 12.0. The number of carbonyl (C=O) groups excluding carboxylic acids is 2. The van der Waals surface area contributed by atoms with E-state index in [0.29, 0.717) is 0 Å². The van der Waals surface area contributed by atoms with Crippen molar-refractivity contribution in [2.45, 2.75) is 38.8 Å². The predicted octanol–water partition coefficient (Wildman–Crippen LogP) is 0.311. The molecule has 0 rings (SSSR count). The van der Waals surface area contributed by atoms with Gasteiger partial charge in [-0.05, 0) is 20.8 Å². The molecular formula is C12H21N3O4. The Labute approximate surface area is 112 Å². The second-order valence-electron chi connectivity index (χ2n) is 5.08. The maximum Gasteiger partial charge on any atom is 0.326 e. The van der Waals surface area contributed by atoms with Crippen LogP contribution >= 0.6 is 0 Å². The van der Waals surface area contributed by atoms with Gasteiger partial charge >= 0.3 is 12.0 Å². The number of carbonyl (C=O) groups is 3. The van der Waals surface area contributed by atoms with Crippen molar-refractivity contribution in [2.75, 3.05) is 6.54 Å². The molecule has 0 bridgehead atoms. The van der Waals surface area contributed by atoms with Crippen molar-refractivity contribution in [3.05, 3.63) is 12.7 Å². The number of primary amides is 1. The second-order valence-corrected chi connectivity index (χ2v) is 5.08. The maximum absolute atomic E-state index is 12.0. The standard InChI is InChI=1S/C12H21N3O4/c1-5-6-15(12(2,3)4)11(19)14-8(10(17)18)7-9(13)16/h5,8H,1,6-7H2,2-4H3,(H2,13,16)(H,14,19)(H,17,18)/t8-/m1/s1. The molecule has 0 spiro atoms. The lowest BCUT2D eigenvalue weighted by atomic mass is 10.1. The van der Waals surface area contributed by atoms with Gasteiger partial charge in [0.05, 0.1) is 6.42 Å². The number of rotatable bonds is 6.